The zero-order chi connectivity index (χ0) is 13.5. The second kappa shape index (κ2) is 6.60. The molecule has 2 heterocycles. The van der Waals surface area contributed by atoms with E-state index in [9.17, 15) is 4.79 Å². The lowest BCUT2D eigenvalue weighted by molar-refractivity contribution is 0.0598. The molecule has 1 N–H and O–H groups in total. The minimum atomic E-state index is -0.374. The Balaban J connectivity index is 1.87. The zero-order valence-corrected chi connectivity index (χ0v) is 10.6. The fraction of sp³-hybridized carbons (Fsp3) is 0.333. The SMILES string of the molecule is COC(=O)c1cccnc1CNCCn1ccnn1. The first-order valence-corrected chi connectivity index (χ1v) is 5.88. The van der Waals surface area contributed by atoms with E-state index in [0.29, 0.717) is 30.9 Å². The van der Waals surface area contributed by atoms with E-state index in [-0.39, 0.29) is 5.97 Å². The van der Waals surface area contributed by atoms with Crippen LogP contribution in [0, 0.1) is 0 Å². The predicted octanol–water partition coefficient (Wildman–Crippen LogP) is 0.249. The molecule has 0 atom stereocenters. The summed E-state index contributed by atoms with van der Waals surface area (Å²) in [6.45, 7) is 1.92. The Kier molecular flexibility index (Phi) is 4.57. The molecule has 2 rings (SSSR count). The summed E-state index contributed by atoms with van der Waals surface area (Å²) in [6, 6.07) is 3.42. The number of hydrogen-bond acceptors (Lipinski definition) is 6. The second-order valence-electron chi connectivity index (χ2n) is 3.83. The summed E-state index contributed by atoms with van der Waals surface area (Å²) in [4.78, 5) is 15.7. The van der Waals surface area contributed by atoms with Crippen LogP contribution in [-0.4, -0.2) is 39.6 Å². The number of aromatic nitrogens is 4. The van der Waals surface area contributed by atoms with Crippen molar-refractivity contribution in [3.63, 3.8) is 0 Å². The number of methoxy groups -OCH3 is 1. The van der Waals surface area contributed by atoms with Crippen molar-refractivity contribution in [3.8, 4) is 0 Å². The van der Waals surface area contributed by atoms with Crippen LogP contribution in [0.3, 0.4) is 0 Å². The Morgan fingerprint density at radius 1 is 1.47 bits per heavy atom. The van der Waals surface area contributed by atoms with Gasteiger partial charge in [0.25, 0.3) is 0 Å². The van der Waals surface area contributed by atoms with Gasteiger partial charge in [-0.15, -0.1) is 5.10 Å². The summed E-state index contributed by atoms with van der Waals surface area (Å²) in [5.74, 6) is -0.374. The van der Waals surface area contributed by atoms with Gasteiger partial charge in [-0.05, 0) is 12.1 Å². The van der Waals surface area contributed by atoms with Gasteiger partial charge in [-0.25, -0.2) is 4.79 Å². The number of ether oxygens (including phenoxy) is 1. The molecule has 0 amide bonds. The average Bonchev–Trinajstić information content (AvgIpc) is 2.96. The molecule has 0 saturated carbocycles. The third-order valence-corrected chi connectivity index (χ3v) is 2.58. The molecular formula is C12H15N5O2. The zero-order valence-electron chi connectivity index (χ0n) is 10.6. The molecule has 7 heteroatoms. The Hall–Kier alpha value is -2.28. The van der Waals surface area contributed by atoms with Gasteiger partial charge in [0, 0.05) is 25.5 Å². The molecule has 7 nitrogen and oxygen atoms in total. The Morgan fingerprint density at radius 3 is 3.11 bits per heavy atom. The standard InChI is InChI=1S/C12H15N5O2/c1-19-12(18)10-3-2-4-14-11(10)9-13-5-7-17-8-6-15-16-17/h2-4,6,8,13H,5,7,9H2,1H3. The topological polar surface area (TPSA) is 81.9 Å². The highest BCUT2D eigenvalue weighted by molar-refractivity contribution is 5.90. The molecule has 2 aromatic rings. The van der Waals surface area contributed by atoms with E-state index in [2.05, 4.69) is 20.6 Å². The number of nitrogens with zero attached hydrogens (tertiary/aromatic N) is 4. The van der Waals surface area contributed by atoms with E-state index in [0.717, 1.165) is 0 Å². The molecule has 0 saturated heterocycles. The summed E-state index contributed by atoms with van der Waals surface area (Å²) in [6.07, 6.45) is 5.08. The third kappa shape index (κ3) is 3.59. The maximum absolute atomic E-state index is 11.5. The van der Waals surface area contributed by atoms with Gasteiger partial charge in [-0.3, -0.25) is 9.67 Å². The quantitative estimate of drug-likeness (QED) is 0.593. The van der Waals surface area contributed by atoms with E-state index in [1.807, 2.05) is 0 Å². The van der Waals surface area contributed by atoms with Crippen molar-refractivity contribution in [1.82, 2.24) is 25.3 Å². The van der Waals surface area contributed by atoms with Crippen molar-refractivity contribution in [3.05, 3.63) is 42.0 Å². The third-order valence-electron chi connectivity index (χ3n) is 2.58. The summed E-state index contributed by atoms with van der Waals surface area (Å²) < 4.78 is 6.44. The van der Waals surface area contributed by atoms with Gasteiger partial charge in [-0.1, -0.05) is 5.21 Å². The molecule has 19 heavy (non-hydrogen) atoms. The fourth-order valence-corrected chi connectivity index (χ4v) is 1.63. The maximum atomic E-state index is 11.5. The van der Waals surface area contributed by atoms with Gasteiger partial charge in [0.15, 0.2) is 0 Å². The van der Waals surface area contributed by atoms with Crippen LogP contribution in [0.15, 0.2) is 30.7 Å². The average molecular weight is 261 g/mol. The van der Waals surface area contributed by atoms with Gasteiger partial charge in [0.1, 0.15) is 0 Å². The Bertz CT molecular complexity index is 527. The van der Waals surface area contributed by atoms with E-state index in [1.54, 1.807) is 35.4 Å². The normalized spacial score (nSPS) is 10.4. The molecule has 0 aliphatic carbocycles. The van der Waals surface area contributed by atoms with Crippen molar-refractivity contribution in [2.45, 2.75) is 13.1 Å². The van der Waals surface area contributed by atoms with E-state index < -0.39 is 0 Å². The minimum absolute atomic E-state index is 0.374. The molecule has 0 aliphatic rings. The fourth-order valence-electron chi connectivity index (χ4n) is 1.63. The number of rotatable bonds is 6. The van der Waals surface area contributed by atoms with E-state index in [4.69, 9.17) is 4.74 Å². The van der Waals surface area contributed by atoms with Crippen LogP contribution < -0.4 is 5.32 Å². The molecule has 0 radical (unpaired) electrons. The van der Waals surface area contributed by atoms with Crippen LogP contribution in [0.25, 0.3) is 0 Å². The van der Waals surface area contributed by atoms with Crippen LogP contribution in [-0.2, 0) is 17.8 Å². The van der Waals surface area contributed by atoms with Crippen LogP contribution in [0.1, 0.15) is 16.1 Å². The van der Waals surface area contributed by atoms with Crippen molar-refractivity contribution in [2.75, 3.05) is 13.7 Å². The monoisotopic (exact) mass is 261 g/mol. The van der Waals surface area contributed by atoms with Gasteiger partial charge in [0.05, 0.1) is 31.1 Å². The van der Waals surface area contributed by atoms with Gasteiger partial charge in [-0.2, -0.15) is 0 Å². The molecule has 0 unspecified atom stereocenters. The van der Waals surface area contributed by atoms with Crippen LogP contribution in [0.4, 0.5) is 0 Å². The Labute approximate surface area is 110 Å². The number of hydrogen-bond donors (Lipinski definition) is 1. The van der Waals surface area contributed by atoms with Gasteiger partial charge >= 0.3 is 5.97 Å². The maximum Gasteiger partial charge on any atom is 0.339 e. The molecule has 0 spiro atoms. The smallest absolute Gasteiger partial charge is 0.339 e. The highest BCUT2D eigenvalue weighted by Gasteiger charge is 2.11. The Morgan fingerprint density at radius 2 is 2.37 bits per heavy atom. The summed E-state index contributed by atoms with van der Waals surface area (Å²) in [5, 5.41) is 10.8. The van der Waals surface area contributed by atoms with Crippen molar-refractivity contribution < 1.29 is 9.53 Å². The molecule has 0 aliphatic heterocycles. The van der Waals surface area contributed by atoms with Crippen LogP contribution in [0.5, 0.6) is 0 Å². The van der Waals surface area contributed by atoms with Crippen molar-refractivity contribution in [2.24, 2.45) is 0 Å². The first kappa shape index (κ1) is 13.2. The largest absolute Gasteiger partial charge is 0.465 e. The number of carbonyl (C=O) groups is 1. The van der Waals surface area contributed by atoms with Gasteiger partial charge in [0.2, 0.25) is 0 Å². The first-order chi connectivity index (χ1) is 9.31. The van der Waals surface area contributed by atoms with Crippen LogP contribution >= 0.6 is 0 Å². The summed E-state index contributed by atoms with van der Waals surface area (Å²) in [7, 11) is 1.36. The highest BCUT2D eigenvalue weighted by Crippen LogP contribution is 2.06. The molecule has 0 aromatic carbocycles. The summed E-state index contributed by atoms with van der Waals surface area (Å²) in [5.41, 5.74) is 1.16. The molecule has 100 valence electrons. The lowest BCUT2D eigenvalue weighted by atomic mass is 10.2. The lowest BCUT2D eigenvalue weighted by Crippen LogP contribution is -2.22. The summed E-state index contributed by atoms with van der Waals surface area (Å²) >= 11 is 0. The van der Waals surface area contributed by atoms with E-state index in [1.165, 1.54) is 7.11 Å². The molecular weight excluding hydrogens is 246 g/mol. The van der Waals surface area contributed by atoms with Crippen LogP contribution in [0.2, 0.25) is 0 Å². The molecule has 2 aromatic heterocycles. The highest BCUT2D eigenvalue weighted by atomic mass is 16.5. The number of carbonyl (C=O) groups excluding carboxylic acids is 1. The first-order valence-electron chi connectivity index (χ1n) is 5.88. The predicted molar refractivity (Wildman–Crippen MR) is 67.3 cm³/mol. The number of nitrogens with one attached hydrogen (secondary N) is 1. The van der Waals surface area contributed by atoms with Gasteiger partial charge < -0.3 is 10.1 Å². The molecule has 0 fully saturated rings. The number of pyridine rings is 1. The molecule has 0 bridgehead atoms. The van der Waals surface area contributed by atoms with E-state index >= 15 is 0 Å². The second-order valence-corrected chi connectivity index (χ2v) is 3.83. The minimum Gasteiger partial charge on any atom is -0.465 e. The number of esters is 1. The van der Waals surface area contributed by atoms with Crippen molar-refractivity contribution >= 4 is 5.97 Å². The lowest BCUT2D eigenvalue weighted by Gasteiger charge is -2.08. The van der Waals surface area contributed by atoms with Crippen molar-refractivity contribution in [1.29, 1.82) is 0 Å².